The molecule has 1 aliphatic rings. The Morgan fingerprint density at radius 1 is 1.03 bits per heavy atom. The van der Waals surface area contributed by atoms with Gasteiger partial charge in [0.25, 0.3) is 5.91 Å². The van der Waals surface area contributed by atoms with Gasteiger partial charge >= 0.3 is 0 Å². The lowest BCUT2D eigenvalue weighted by Crippen LogP contribution is -2.28. The molecule has 8 heteroatoms. The summed E-state index contributed by atoms with van der Waals surface area (Å²) >= 11 is 0. The molecule has 0 radical (unpaired) electrons. The van der Waals surface area contributed by atoms with Crippen LogP contribution in [0.15, 0.2) is 60.8 Å². The van der Waals surface area contributed by atoms with Gasteiger partial charge in [0, 0.05) is 62.7 Å². The number of hydrogen-bond acceptors (Lipinski definition) is 6. The molecule has 8 nitrogen and oxygen atoms in total. The number of hydrogen-bond donors (Lipinski definition) is 1. The molecule has 34 heavy (non-hydrogen) atoms. The number of amides is 1. The lowest BCUT2D eigenvalue weighted by Gasteiger charge is -2.20. The van der Waals surface area contributed by atoms with Gasteiger partial charge in [-0.05, 0) is 42.0 Å². The van der Waals surface area contributed by atoms with Crippen LogP contribution in [0.4, 0.5) is 0 Å². The highest BCUT2D eigenvalue weighted by molar-refractivity contribution is 5.94. The highest BCUT2D eigenvalue weighted by Crippen LogP contribution is 2.20. The number of benzene rings is 2. The first-order valence-electron chi connectivity index (χ1n) is 11.6. The van der Waals surface area contributed by atoms with Crippen molar-refractivity contribution in [1.29, 1.82) is 0 Å². The van der Waals surface area contributed by atoms with Crippen molar-refractivity contribution in [2.45, 2.75) is 25.9 Å². The van der Waals surface area contributed by atoms with Crippen LogP contribution in [0.2, 0.25) is 0 Å². The SMILES string of the molecule is COc1ccc(C(=O)NCCc2nnc3n2CCN(Cc2cccc4ncccc24)CC3)cc1. The zero-order valence-corrected chi connectivity index (χ0v) is 19.3. The van der Waals surface area contributed by atoms with E-state index in [0.29, 0.717) is 18.5 Å². The van der Waals surface area contributed by atoms with Crippen molar-refractivity contribution in [3.05, 3.63) is 83.6 Å². The van der Waals surface area contributed by atoms with E-state index in [1.807, 2.05) is 12.3 Å². The van der Waals surface area contributed by atoms with Crippen molar-refractivity contribution in [3.8, 4) is 5.75 Å². The number of nitrogens with zero attached hydrogens (tertiary/aromatic N) is 5. The molecule has 2 aromatic carbocycles. The fourth-order valence-corrected chi connectivity index (χ4v) is 4.45. The summed E-state index contributed by atoms with van der Waals surface area (Å²) in [6.07, 6.45) is 3.34. The van der Waals surface area contributed by atoms with Gasteiger partial charge in [0.15, 0.2) is 0 Å². The first-order chi connectivity index (χ1) is 16.7. The van der Waals surface area contributed by atoms with Crippen LogP contribution >= 0.6 is 0 Å². The first kappa shape index (κ1) is 22.0. The Kier molecular flexibility index (Phi) is 6.49. The standard InChI is InChI=1S/C26H28N6O2/c1-34-21-9-7-19(8-10-21)26(33)28-14-11-24-29-30-25-12-15-31(16-17-32(24)25)18-20-4-2-6-23-22(20)5-3-13-27-23/h2-10,13H,11-12,14-18H2,1H3,(H,28,33). The van der Waals surface area contributed by atoms with E-state index < -0.39 is 0 Å². The highest BCUT2D eigenvalue weighted by atomic mass is 16.5. The number of carbonyl (C=O) groups is 1. The molecule has 1 aliphatic heterocycles. The first-order valence-corrected chi connectivity index (χ1v) is 11.6. The molecule has 0 saturated carbocycles. The molecule has 1 amide bonds. The van der Waals surface area contributed by atoms with Crippen molar-refractivity contribution < 1.29 is 9.53 Å². The van der Waals surface area contributed by atoms with Gasteiger partial charge in [0.1, 0.15) is 17.4 Å². The van der Waals surface area contributed by atoms with E-state index in [-0.39, 0.29) is 5.91 Å². The minimum Gasteiger partial charge on any atom is -0.497 e. The molecule has 5 rings (SSSR count). The second kappa shape index (κ2) is 10.0. The Balaban J connectivity index is 1.18. The van der Waals surface area contributed by atoms with Gasteiger partial charge in [-0.15, -0.1) is 10.2 Å². The Labute approximate surface area is 198 Å². The third-order valence-corrected chi connectivity index (χ3v) is 6.31. The maximum atomic E-state index is 12.4. The Morgan fingerprint density at radius 2 is 1.91 bits per heavy atom. The van der Waals surface area contributed by atoms with Gasteiger partial charge < -0.3 is 14.6 Å². The van der Waals surface area contributed by atoms with E-state index in [0.717, 1.165) is 55.5 Å². The molecule has 174 valence electrons. The zero-order chi connectivity index (χ0) is 23.3. The van der Waals surface area contributed by atoms with Gasteiger partial charge in [-0.3, -0.25) is 14.7 Å². The fourth-order valence-electron chi connectivity index (χ4n) is 4.45. The predicted octanol–water partition coefficient (Wildman–Crippen LogP) is 2.87. The second-order valence-electron chi connectivity index (χ2n) is 8.43. The quantitative estimate of drug-likeness (QED) is 0.460. The maximum Gasteiger partial charge on any atom is 0.251 e. The number of rotatable bonds is 7. The fraction of sp³-hybridized carbons (Fsp3) is 0.308. The average molecular weight is 457 g/mol. The van der Waals surface area contributed by atoms with E-state index in [1.54, 1.807) is 31.4 Å². The Hall–Kier alpha value is -3.78. The van der Waals surface area contributed by atoms with Crippen LogP contribution in [0.25, 0.3) is 10.9 Å². The highest BCUT2D eigenvalue weighted by Gasteiger charge is 2.19. The predicted molar refractivity (Wildman–Crippen MR) is 130 cm³/mol. The molecular formula is C26H28N6O2. The Bertz CT molecular complexity index is 1280. The van der Waals surface area contributed by atoms with Crippen molar-refractivity contribution in [1.82, 2.24) is 30.0 Å². The lowest BCUT2D eigenvalue weighted by atomic mass is 10.1. The summed E-state index contributed by atoms with van der Waals surface area (Å²) in [5, 5.41) is 13.0. The van der Waals surface area contributed by atoms with Gasteiger partial charge in [-0.25, -0.2) is 0 Å². The summed E-state index contributed by atoms with van der Waals surface area (Å²) in [7, 11) is 1.61. The lowest BCUT2D eigenvalue weighted by molar-refractivity contribution is 0.0954. The summed E-state index contributed by atoms with van der Waals surface area (Å²) in [6.45, 7) is 4.09. The van der Waals surface area contributed by atoms with E-state index in [4.69, 9.17) is 4.74 Å². The molecule has 0 aliphatic carbocycles. The molecule has 0 unspecified atom stereocenters. The summed E-state index contributed by atoms with van der Waals surface area (Å²) in [5.41, 5.74) is 2.94. The monoisotopic (exact) mass is 456 g/mol. The zero-order valence-electron chi connectivity index (χ0n) is 19.3. The van der Waals surface area contributed by atoms with Crippen LogP contribution in [-0.2, 0) is 25.9 Å². The molecule has 0 saturated heterocycles. The minimum atomic E-state index is -0.103. The summed E-state index contributed by atoms with van der Waals surface area (Å²) in [4.78, 5) is 19.4. The van der Waals surface area contributed by atoms with Gasteiger partial charge in [-0.1, -0.05) is 18.2 Å². The number of carbonyl (C=O) groups excluding carboxylic acids is 1. The van der Waals surface area contributed by atoms with Crippen molar-refractivity contribution in [3.63, 3.8) is 0 Å². The van der Waals surface area contributed by atoms with E-state index in [2.05, 4.69) is 54.2 Å². The van der Waals surface area contributed by atoms with Crippen LogP contribution in [-0.4, -0.2) is 57.3 Å². The number of pyridine rings is 1. The van der Waals surface area contributed by atoms with Crippen LogP contribution in [0.5, 0.6) is 5.75 Å². The summed E-state index contributed by atoms with van der Waals surface area (Å²) in [6, 6.07) is 17.6. The Morgan fingerprint density at radius 3 is 2.76 bits per heavy atom. The van der Waals surface area contributed by atoms with E-state index in [9.17, 15) is 4.79 Å². The van der Waals surface area contributed by atoms with E-state index >= 15 is 0 Å². The molecular weight excluding hydrogens is 428 g/mol. The second-order valence-corrected chi connectivity index (χ2v) is 8.43. The largest absolute Gasteiger partial charge is 0.497 e. The van der Waals surface area contributed by atoms with Gasteiger partial charge in [0.2, 0.25) is 0 Å². The third kappa shape index (κ3) is 4.77. The molecule has 0 spiro atoms. The third-order valence-electron chi connectivity index (χ3n) is 6.31. The molecule has 1 N–H and O–H groups in total. The minimum absolute atomic E-state index is 0.103. The van der Waals surface area contributed by atoms with Gasteiger partial charge in [-0.2, -0.15) is 0 Å². The molecule has 2 aromatic heterocycles. The van der Waals surface area contributed by atoms with Crippen molar-refractivity contribution in [2.24, 2.45) is 0 Å². The van der Waals surface area contributed by atoms with Crippen molar-refractivity contribution in [2.75, 3.05) is 26.7 Å². The molecule has 0 bridgehead atoms. The van der Waals surface area contributed by atoms with Gasteiger partial charge in [0.05, 0.1) is 12.6 Å². The smallest absolute Gasteiger partial charge is 0.251 e. The number of ether oxygens (including phenoxy) is 1. The molecule has 0 atom stereocenters. The number of fused-ring (bicyclic) bond motifs is 2. The number of nitrogens with one attached hydrogen (secondary N) is 1. The van der Waals surface area contributed by atoms with Crippen LogP contribution < -0.4 is 10.1 Å². The normalized spacial score (nSPS) is 13.9. The number of aromatic nitrogens is 4. The summed E-state index contributed by atoms with van der Waals surface area (Å²) < 4.78 is 7.36. The topological polar surface area (TPSA) is 85.2 Å². The maximum absolute atomic E-state index is 12.4. The summed E-state index contributed by atoms with van der Waals surface area (Å²) in [5.74, 6) is 2.56. The average Bonchev–Trinajstić information content (AvgIpc) is 3.15. The molecule has 0 fully saturated rings. The van der Waals surface area contributed by atoms with E-state index in [1.165, 1.54) is 10.9 Å². The van der Waals surface area contributed by atoms with Crippen molar-refractivity contribution >= 4 is 16.8 Å². The number of methoxy groups -OCH3 is 1. The van der Waals surface area contributed by atoms with Crippen LogP contribution in [0.1, 0.15) is 27.6 Å². The molecule has 3 heterocycles. The molecule has 4 aromatic rings. The van der Waals surface area contributed by atoms with Crippen LogP contribution in [0, 0.1) is 0 Å². The van der Waals surface area contributed by atoms with Crippen LogP contribution in [0.3, 0.4) is 0 Å².